The van der Waals surface area contributed by atoms with E-state index in [1.54, 1.807) is 6.92 Å². The van der Waals surface area contributed by atoms with Crippen LogP contribution in [0.5, 0.6) is 0 Å². The van der Waals surface area contributed by atoms with E-state index in [2.05, 4.69) is 0 Å². The summed E-state index contributed by atoms with van der Waals surface area (Å²) in [4.78, 5) is 23.3. The molecule has 2 aliphatic heterocycles. The lowest BCUT2D eigenvalue weighted by atomic mass is 9.40. The molecule has 3 saturated carbocycles. The van der Waals surface area contributed by atoms with Crippen LogP contribution in [0.2, 0.25) is 0 Å². The Bertz CT molecular complexity index is 660. The van der Waals surface area contributed by atoms with Crippen LogP contribution >= 0.6 is 0 Å². The van der Waals surface area contributed by atoms with Crippen LogP contribution in [0, 0.1) is 16.7 Å². The molecule has 3 unspecified atom stereocenters. The van der Waals surface area contributed by atoms with Gasteiger partial charge in [-0.15, -0.1) is 0 Å². The molecule has 2 heterocycles. The smallest absolute Gasteiger partial charge is 0.302 e. The largest absolute Gasteiger partial charge is 0.465 e. The maximum atomic E-state index is 11.8. The summed E-state index contributed by atoms with van der Waals surface area (Å²) in [7, 11) is 0. The summed E-state index contributed by atoms with van der Waals surface area (Å²) in [5.41, 5.74) is -3.70. The van der Waals surface area contributed by atoms with Crippen molar-refractivity contribution in [2.24, 2.45) is 16.7 Å². The fourth-order valence-electron chi connectivity index (χ4n) is 6.54. The Morgan fingerprint density at radius 2 is 1.85 bits per heavy atom. The Labute approximate surface area is 153 Å². The SMILES string of the molecule is CC(=O)OC[C@@]12CCC(C)(O)C3CC4(O)[C@@H](C[C@@H](OC(C)=O)[C@@]41C)O[C@H]32. The Balaban J connectivity index is 1.85. The lowest BCUT2D eigenvalue weighted by Gasteiger charge is -2.71. The number of carbonyl (C=O) groups excluding carboxylic acids is 2. The molecule has 2 N–H and O–H groups in total. The predicted octanol–water partition coefficient (Wildman–Crippen LogP) is 0.941. The van der Waals surface area contributed by atoms with Crippen molar-refractivity contribution in [3.05, 3.63) is 0 Å². The lowest BCUT2D eigenvalue weighted by molar-refractivity contribution is -0.377. The first kappa shape index (κ1) is 18.2. The highest BCUT2D eigenvalue weighted by Gasteiger charge is 2.83. The van der Waals surface area contributed by atoms with E-state index in [4.69, 9.17) is 14.2 Å². The number of carbonyl (C=O) groups is 2. The van der Waals surface area contributed by atoms with Crippen molar-refractivity contribution in [3.8, 4) is 0 Å². The quantitative estimate of drug-likeness (QED) is 0.715. The first-order valence-corrected chi connectivity index (χ1v) is 9.39. The third-order valence-corrected chi connectivity index (χ3v) is 8.01. The molecule has 0 aromatic carbocycles. The second-order valence-corrected chi connectivity index (χ2v) is 9.11. The number of ether oxygens (including phenoxy) is 3. The van der Waals surface area contributed by atoms with Gasteiger partial charge in [-0.25, -0.2) is 0 Å². The first-order chi connectivity index (χ1) is 12.0. The van der Waals surface area contributed by atoms with Crippen LogP contribution in [0.3, 0.4) is 0 Å². The zero-order valence-corrected chi connectivity index (χ0v) is 15.8. The van der Waals surface area contributed by atoms with Gasteiger partial charge in [-0.2, -0.15) is 0 Å². The van der Waals surface area contributed by atoms with E-state index in [1.807, 2.05) is 6.92 Å². The van der Waals surface area contributed by atoms with Crippen LogP contribution in [0.4, 0.5) is 0 Å². The molecule has 5 aliphatic rings. The molecule has 0 spiro atoms. The van der Waals surface area contributed by atoms with Crippen molar-refractivity contribution in [1.29, 1.82) is 0 Å². The van der Waals surface area contributed by atoms with Crippen molar-refractivity contribution >= 4 is 11.9 Å². The summed E-state index contributed by atoms with van der Waals surface area (Å²) in [5, 5.41) is 22.7. The van der Waals surface area contributed by atoms with Gasteiger partial charge in [0.25, 0.3) is 0 Å². The van der Waals surface area contributed by atoms with Crippen LogP contribution in [-0.2, 0) is 23.8 Å². The van der Waals surface area contributed by atoms with Gasteiger partial charge in [0, 0.05) is 37.0 Å². The zero-order valence-electron chi connectivity index (χ0n) is 15.8. The van der Waals surface area contributed by atoms with E-state index < -0.39 is 46.2 Å². The summed E-state index contributed by atoms with van der Waals surface area (Å²) in [5.74, 6) is -1.05. The van der Waals surface area contributed by atoms with E-state index in [0.29, 0.717) is 25.7 Å². The molecular weight excluding hydrogens is 340 g/mol. The third kappa shape index (κ3) is 1.94. The summed E-state index contributed by atoms with van der Waals surface area (Å²) in [6.45, 7) is 6.53. The molecule has 7 heteroatoms. The first-order valence-electron chi connectivity index (χ1n) is 9.39. The summed E-state index contributed by atoms with van der Waals surface area (Å²) >= 11 is 0. The zero-order chi connectivity index (χ0) is 19.1. The standard InChI is InChI=1S/C19H28O7/c1-10(20)24-9-18-6-5-16(3,22)12-8-19(23)14(26-15(12)18)7-13(17(18,19)4)25-11(2)21/h12-15,22-23H,5-9H2,1-4H3/t12?,13-,14-,15-,16?,17-,18-,19?/m1/s1. The van der Waals surface area contributed by atoms with E-state index in [-0.39, 0.29) is 18.6 Å². The number of aliphatic hydroxyl groups is 2. The van der Waals surface area contributed by atoms with Gasteiger partial charge in [-0.05, 0) is 26.2 Å². The second kappa shape index (κ2) is 5.20. The van der Waals surface area contributed by atoms with Gasteiger partial charge in [-0.1, -0.05) is 6.92 Å². The van der Waals surface area contributed by atoms with Gasteiger partial charge in [0.15, 0.2) is 0 Å². The molecule has 7 nitrogen and oxygen atoms in total. The topological polar surface area (TPSA) is 102 Å². The van der Waals surface area contributed by atoms with Gasteiger partial charge in [0.2, 0.25) is 0 Å². The van der Waals surface area contributed by atoms with Crippen LogP contribution in [0.1, 0.15) is 53.4 Å². The molecule has 3 aliphatic carbocycles. The molecule has 6 bridgehead atoms. The normalized spacial score (nSPS) is 54.1. The van der Waals surface area contributed by atoms with E-state index in [1.165, 1.54) is 13.8 Å². The minimum absolute atomic E-state index is 0.0862. The molecule has 146 valence electrons. The molecule has 0 aromatic heterocycles. The minimum atomic E-state index is -1.24. The van der Waals surface area contributed by atoms with Gasteiger partial charge < -0.3 is 24.4 Å². The molecule has 26 heavy (non-hydrogen) atoms. The average molecular weight is 368 g/mol. The number of rotatable bonds is 3. The molecule has 2 saturated heterocycles. The van der Waals surface area contributed by atoms with Gasteiger partial charge in [0.05, 0.1) is 17.8 Å². The fraction of sp³-hybridized carbons (Fsp3) is 0.895. The number of hydrogen-bond acceptors (Lipinski definition) is 7. The molecule has 8 atom stereocenters. The van der Waals surface area contributed by atoms with E-state index >= 15 is 0 Å². The Morgan fingerprint density at radius 1 is 1.15 bits per heavy atom. The molecule has 5 rings (SSSR count). The Morgan fingerprint density at radius 3 is 2.46 bits per heavy atom. The molecule has 0 aromatic rings. The van der Waals surface area contributed by atoms with E-state index in [0.717, 1.165) is 0 Å². The highest BCUT2D eigenvalue weighted by Crippen LogP contribution is 2.74. The third-order valence-electron chi connectivity index (χ3n) is 8.01. The van der Waals surface area contributed by atoms with Crippen LogP contribution in [0.15, 0.2) is 0 Å². The van der Waals surface area contributed by atoms with E-state index in [9.17, 15) is 19.8 Å². The monoisotopic (exact) mass is 368 g/mol. The molecule has 0 radical (unpaired) electrons. The van der Waals surface area contributed by atoms with Gasteiger partial charge in [-0.3, -0.25) is 9.59 Å². The Hall–Kier alpha value is -1.18. The van der Waals surface area contributed by atoms with Gasteiger partial charge in [0.1, 0.15) is 18.3 Å². The highest BCUT2D eigenvalue weighted by atomic mass is 16.6. The van der Waals surface area contributed by atoms with Crippen molar-refractivity contribution < 1.29 is 34.0 Å². The predicted molar refractivity (Wildman–Crippen MR) is 88.9 cm³/mol. The number of esters is 2. The molecule has 5 fully saturated rings. The lowest BCUT2D eigenvalue weighted by Crippen LogP contribution is -2.80. The summed E-state index contributed by atoms with van der Waals surface area (Å²) in [6, 6.07) is 0. The fourth-order valence-corrected chi connectivity index (χ4v) is 6.54. The van der Waals surface area contributed by atoms with Crippen molar-refractivity contribution in [1.82, 2.24) is 0 Å². The number of hydrogen-bond donors (Lipinski definition) is 2. The maximum Gasteiger partial charge on any atom is 0.302 e. The minimum Gasteiger partial charge on any atom is -0.465 e. The van der Waals surface area contributed by atoms with Crippen LogP contribution in [0.25, 0.3) is 0 Å². The summed E-state index contributed by atoms with van der Waals surface area (Å²) in [6.07, 6.45) is 0.539. The molecular formula is C19H28O7. The van der Waals surface area contributed by atoms with Crippen molar-refractivity contribution in [2.45, 2.75) is 82.9 Å². The highest BCUT2D eigenvalue weighted by molar-refractivity contribution is 5.67. The van der Waals surface area contributed by atoms with Crippen LogP contribution in [-0.4, -0.2) is 58.3 Å². The van der Waals surface area contributed by atoms with Crippen molar-refractivity contribution in [3.63, 3.8) is 0 Å². The van der Waals surface area contributed by atoms with Crippen molar-refractivity contribution in [2.75, 3.05) is 6.61 Å². The second-order valence-electron chi connectivity index (χ2n) is 9.11. The summed E-state index contributed by atoms with van der Waals surface area (Å²) < 4.78 is 17.4. The molecule has 0 amide bonds. The Kier molecular flexibility index (Phi) is 3.64. The van der Waals surface area contributed by atoms with Crippen LogP contribution < -0.4 is 0 Å². The van der Waals surface area contributed by atoms with Gasteiger partial charge >= 0.3 is 11.9 Å². The maximum absolute atomic E-state index is 11.8. The average Bonchev–Trinajstić information content (AvgIpc) is 2.67.